The number of carbonyl (C=O) groups is 1. The molecule has 3 rings (SSSR count). The van der Waals surface area contributed by atoms with Gasteiger partial charge in [0, 0.05) is 20.1 Å². The highest BCUT2D eigenvalue weighted by Crippen LogP contribution is 2.38. The summed E-state index contributed by atoms with van der Waals surface area (Å²) in [4.78, 5) is 12.8. The summed E-state index contributed by atoms with van der Waals surface area (Å²) in [5, 5.41) is 4.00. The van der Waals surface area contributed by atoms with Gasteiger partial charge in [0.05, 0.1) is 5.69 Å². The summed E-state index contributed by atoms with van der Waals surface area (Å²) in [7, 11) is 0. The van der Waals surface area contributed by atoms with E-state index in [1.54, 1.807) is 0 Å². The van der Waals surface area contributed by atoms with Gasteiger partial charge >= 0.3 is 0 Å². The molecule has 1 aromatic heterocycles. The number of nitrogens with two attached hydrogens (primary N) is 1. The van der Waals surface area contributed by atoms with Gasteiger partial charge in [0.15, 0.2) is 0 Å². The van der Waals surface area contributed by atoms with Gasteiger partial charge in [0.25, 0.3) is 5.91 Å². The highest BCUT2D eigenvalue weighted by molar-refractivity contribution is 9.10. The van der Waals surface area contributed by atoms with Gasteiger partial charge in [0.2, 0.25) is 0 Å². The number of nitrogens with one attached hydrogen (secondary N) is 1. The first kappa shape index (κ1) is 12.0. The van der Waals surface area contributed by atoms with E-state index < -0.39 is 0 Å². The number of benzene rings is 1. The van der Waals surface area contributed by atoms with Crippen LogP contribution in [0.25, 0.3) is 10.1 Å². The van der Waals surface area contributed by atoms with Crippen LogP contribution in [0.4, 0.5) is 5.69 Å². The standard InChI is InChI=1S/C13H13BrN2OS/c1-13(4-5-13)16-12(17)11-10(15)8-3-2-7(14)6-9(8)18-11/h2-3,6H,4-5,15H2,1H3,(H,16,17). The number of nitrogen functional groups attached to an aromatic ring is 1. The maximum absolute atomic E-state index is 12.2. The molecule has 0 bridgehead atoms. The number of carbonyl (C=O) groups excluding carboxylic acids is 1. The summed E-state index contributed by atoms with van der Waals surface area (Å²) in [6.45, 7) is 2.06. The largest absolute Gasteiger partial charge is 0.397 e. The van der Waals surface area contributed by atoms with Gasteiger partial charge in [-0.3, -0.25) is 4.79 Å². The number of halogens is 1. The lowest BCUT2D eigenvalue weighted by molar-refractivity contribution is 0.0940. The fourth-order valence-electron chi connectivity index (χ4n) is 1.90. The fraction of sp³-hybridized carbons (Fsp3) is 0.308. The van der Waals surface area contributed by atoms with Gasteiger partial charge in [-0.25, -0.2) is 0 Å². The first-order chi connectivity index (χ1) is 8.48. The van der Waals surface area contributed by atoms with Gasteiger partial charge in [-0.1, -0.05) is 22.0 Å². The topological polar surface area (TPSA) is 55.1 Å². The zero-order valence-corrected chi connectivity index (χ0v) is 12.3. The zero-order valence-electron chi connectivity index (χ0n) is 9.92. The molecule has 0 atom stereocenters. The quantitative estimate of drug-likeness (QED) is 0.887. The average molecular weight is 325 g/mol. The highest BCUT2D eigenvalue weighted by atomic mass is 79.9. The minimum atomic E-state index is -0.0511. The molecule has 3 N–H and O–H groups in total. The molecular weight excluding hydrogens is 312 g/mol. The van der Waals surface area contributed by atoms with Crippen LogP contribution in [0.3, 0.4) is 0 Å². The van der Waals surface area contributed by atoms with Crippen LogP contribution < -0.4 is 11.1 Å². The van der Waals surface area contributed by atoms with Crippen molar-refractivity contribution in [3.05, 3.63) is 27.5 Å². The number of hydrogen-bond acceptors (Lipinski definition) is 3. The van der Waals surface area contributed by atoms with Crippen molar-refractivity contribution in [3.8, 4) is 0 Å². The second-order valence-corrected chi connectivity index (χ2v) is 6.97. The number of fused-ring (bicyclic) bond motifs is 1. The fourth-order valence-corrected chi connectivity index (χ4v) is 3.47. The molecule has 18 heavy (non-hydrogen) atoms. The molecular formula is C13H13BrN2OS. The Morgan fingerprint density at radius 2 is 2.22 bits per heavy atom. The number of rotatable bonds is 2. The highest BCUT2D eigenvalue weighted by Gasteiger charge is 2.39. The zero-order chi connectivity index (χ0) is 12.9. The van der Waals surface area contributed by atoms with Gasteiger partial charge in [-0.05, 0) is 31.9 Å². The summed E-state index contributed by atoms with van der Waals surface area (Å²) < 4.78 is 2.03. The molecule has 1 amide bonds. The minimum Gasteiger partial charge on any atom is -0.397 e. The normalized spacial score (nSPS) is 16.8. The molecule has 5 heteroatoms. The number of thiophene rings is 1. The first-order valence-corrected chi connectivity index (χ1v) is 7.39. The van der Waals surface area contributed by atoms with E-state index in [9.17, 15) is 4.79 Å². The molecule has 2 aromatic rings. The number of anilines is 1. The Morgan fingerprint density at radius 3 is 2.89 bits per heavy atom. The summed E-state index contributed by atoms with van der Waals surface area (Å²) in [5.41, 5.74) is 6.64. The third kappa shape index (κ3) is 2.01. The Kier molecular flexibility index (Phi) is 2.64. The second-order valence-electron chi connectivity index (χ2n) is 5.00. The Balaban J connectivity index is 2.01. The third-order valence-electron chi connectivity index (χ3n) is 3.31. The van der Waals surface area contributed by atoms with E-state index in [4.69, 9.17) is 5.73 Å². The van der Waals surface area contributed by atoms with Crippen LogP contribution in [0.5, 0.6) is 0 Å². The predicted molar refractivity (Wildman–Crippen MR) is 79.0 cm³/mol. The molecule has 1 fully saturated rings. The van der Waals surface area contributed by atoms with Crippen molar-refractivity contribution in [1.82, 2.24) is 5.32 Å². The van der Waals surface area contributed by atoms with Crippen molar-refractivity contribution in [2.75, 3.05) is 5.73 Å². The van der Waals surface area contributed by atoms with Crippen molar-refractivity contribution < 1.29 is 4.79 Å². The number of amides is 1. The Bertz CT molecular complexity index is 646. The summed E-state index contributed by atoms with van der Waals surface area (Å²) >= 11 is 4.87. The molecule has 0 radical (unpaired) electrons. The SMILES string of the molecule is CC1(NC(=O)c2sc3cc(Br)ccc3c2N)CC1. The summed E-state index contributed by atoms with van der Waals surface area (Å²) in [6.07, 6.45) is 2.10. The second kappa shape index (κ2) is 3.96. The lowest BCUT2D eigenvalue weighted by atomic mass is 10.2. The Morgan fingerprint density at radius 1 is 1.50 bits per heavy atom. The maximum atomic E-state index is 12.2. The molecule has 0 spiro atoms. The molecule has 1 saturated carbocycles. The van der Waals surface area contributed by atoms with Crippen LogP contribution in [0.15, 0.2) is 22.7 Å². The van der Waals surface area contributed by atoms with E-state index in [1.165, 1.54) is 11.3 Å². The first-order valence-electron chi connectivity index (χ1n) is 5.79. The average Bonchev–Trinajstić information content (AvgIpc) is 2.93. The van der Waals surface area contributed by atoms with Crippen molar-refractivity contribution in [2.24, 2.45) is 0 Å². The molecule has 1 aliphatic carbocycles. The van der Waals surface area contributed by atoms with Crippen molar-refractivity contribution in [1.29, 1.82) is 0 Å². The van der Waals surface area contributed by atoms with Crippen molar-refractivity contribution >= 4 is 48.9 Å². The molecule has 0 aliphatic heterocycles. The third-order valence-corrected chi connectivity index (χ3v) is 4.97. The molecule has 1 heterocycles. The van der Waals surface area contributed by atoms with Crippen molar-refractivity contribution in [2.45, 2.75) is 25.3 Å². The van der Waals surface area contributed by atoms with Crippen LogP contribution in [0.2, 0.25) is 0 Å². The van der Waals surface area contributed by atoms with Gasteiger partial charge in [-0.2, -0.15) is 0 Å². The lowest BCUT2D eigenvalue weighted by Gasteiger charge is -2.10. The smallest absolute Gasteiger partial charge is 0.263 e. The molecule has 1 aliphatic rings. The Labute approximate surface area is 117 Å². The molecule has 1 aromatic carbocycles. The predicted octanol–water partition coefficient (Wildman–Crippen LogP) is 3.53. The Hall–Kier alpha value is -1.07. The number of hydrogen-bond donors (Lipinski definition) is 2. The van der Waals surface area contributed by atoms with Gasteiger partial charge < -0.3 is 11.1 Å². The van der Waals surface area contributed by atoms with Crippen LogP contribution in [0.1, 0.15) is 29.4 Å². The van der Waals surface area contributed by atoms with E-state index in [1.807, 2.05) is 18.2 Å². The maximum Gasteiger partial charge on any atom is 0.263 e. The van der Waals surface area contributed by atoms with Crippen molar-refractivity contribution in [3.63, 3.8) is 0 Å². The van der Waals surface area contributed by atoms with E-state index >= 15 is 0 Å². The summed E-state index contributed by atoms with van der Waals surface area (Å²) in [6, 6.07) is 5.88. The van der Waals surface area contributed by atoms with E-state index in [0.717, 1.165) is 27.4 Å². The van der Waals surface area contributed by atoms with E-state index in [0.29, 0.717) is 10.6 Å². The molecule has 0 unspecified atom stereocenters. The monoisotopic (exact) mass is 324 g/mol. The van der Waals surface area contributed by atoms with Gasteiger partial charge in [-0.15, -0.1) is 11.3 Å². The lowest BCUT2D eigenvalue weighted by Crippen LogP contribution is -2.34. The van der Waals surface area contributed by atoms with Gasteiger partial charge in [0.1, 0.15) is 4.88 Å². The van der Waals surface area contributed by atoms with Crippen LogP contribution in [-0.2, 0) is 0 Å². The minimum absolute atomic E-state index is 0.0136. The summed E-state index contributed by atoms with van der Waals surface area (Å²) in [5.74, 6) is -0.0511. The van der Waals surface area contributed by atoms with Crippen LogP contribution >= 0.6 is 27.3 Å². The molecule has 0 saturated heterocycles. The van der Waals surface area contributed by atoms with E-state index in [2.05, 4.69) is 28.2 Å². The van der Waals surface area contributed by atoms with E-state index in [-0.39, 0.29) is 11.4 Å². The molecule has 3 nitrogen and oxygen atoms in total. The van der Waals surface area contributed by atoms with Crippen LogP contribution in [0, 0.1) is 0 Å². The molecule has 94 valence electrons. The van der Waals surface area contributed by atoms with Crippen LogP contribution in [-0.4, -0.2) is 11.4 Å².